The second kappa shape index (κ2) is 5.71. The van der Waals surface area contributed by atoms with Gasteiger partial charge in [0.05, 0.1) is 11.4 Å². The van der Waals surface area contributed by atoms with Crippen LogP contribution >= 0.6 is 0 Å². The van der Waals surface area contributed by atoms with E-state index in [4.69, 9.17) is 4.99 Å². The Morgan fingerprint density at radius 1 is 0.560 bits per heavy atom. The van der Waals surface area contributed by atoms with E-state index in [1.165, 1.54) is 31.7 Å². The number of benzene rings is 3. The summed E-state index contributed by atoms with van der Waals surface area (Å²) < 4.78 is 0. The molecule has 0 saturated carbocycles. The average molecular weight is 319 g/mol. The second-order valence-corrected chi connectivity index (χ2v) is 6.38. The van der Waals surface area contributed by atoms with Crippen LogP contribution in [0.5, 0.6) is 0 Å². The van der Waals surface area contributed by atoms with Crippen molar-refractivity contribution in [3.63, 3.8) is 0 Å². The quantitative estimate of drug-likeness (QED) is 0.601. The average Bonchev–Trinajstić information content (AvgIpc) is 2.73. The summed E-state index contributed by atoms with van der Waals surface area (Å²) in [6, 6.07) is 25.8. The number of hydrogen-bond donors (Lipinski definition) is 0. The van der Waals surface area contributed by atoms with E-state index < -0.39 is 0 Å². The van der Waals surface area contributed by atoms with Crippen LogP contribution in [0.1, 0.15) is 0 Å². The van der Waals surface area contributed by atoms with Crippen molar-refractivity contribution < 1.29 is 0 Å². The maximum atomic E-state index is 5.10. The number of para-hydroxylation sites is 1. The highest BCUT2D eigenvalue weighted by Crippen LogP contribution is 2.16. The van der Waals surface area contributed by atoms with E-state index in [0.717, 1.165) is 5.36 Å². The van der Waals surface area contributed by atoms with Gasteiger partial charge < -0.3 is 0 Å². The SMILES string of the molecule is C1=CC2=c3ccccc3=c3ccccc3=c3ccccc3=NC2C=C1. The third kappa shape index (κ3) is 2.28. The molecule has 1 aliphatic carbocycles. The Labute approximate surface area is 145 Å². The van der Waals surface area contributed by atoms with Crippen LogP contribution < -0.4 is 10.6 Å². The van der Waals surface area contributed by atoms with E-state index in [-0.39, 0.29) is 6.04 Å². The molecular weight excluding hydrogens is 302 g/mol. The Kier molecular flexibility index (Phi) is 3.24. The maximum Gasteiger partial charge on any atom is 0.0946 e. The summed E-state index contributed by atoms with van der Waals surface area (Å²) in [5, 5.41) is 7.27. The molecular formula is C24H17N. The van der Waals surface area contributed by atoms with Crippen LogP contribution in [-0.2, 0) is 0 Å². The van der Waals surface area contributed by atoms with Crippen molar-refractivity contribution in [3.05, 3.63) is 129 Å². The van der Waals surface area contributed by atoms with Crippen LogP contribution in [-0.4, -0.2) is 6.04 Å². The van der Waals surface area contributed by atoms with Crippen molar-refractivity contribution >= 4 is 5.57 Å². The Morgan fingerprint density at radius 2 is 1.12 bits per heavy atom. The Hall–Kier alpha value is -3.19. The minimum absolute atomic E-state index is 0.0432. The monoisotopic (exact) mass is 319 g/mol. The molecule has 1 unspecified atom stereocenters. The van der Waals surface area contributed by atoms with E-state index in [2.05, 4.69) is 97.1 Å². The molecule has 1 aliphatic heterocycles. The molecule has 0 aromatic heterocycles. The second-order valence-electron chi connectivity index (χ2n) is 6.38. The van der Waals surface area contributed by atoms with Gasteiger partial charge in [-0.1, -0.05) is 91.0 Å². The molecule has 0 fully saturated rings. The predicted octanol–water partition coefficient (Wildman–Crippen LogP) is 3.54. The summed E-state index contributed by atoms with van der Waals surface area (Å²) in [5.41, 5.74) is 1.25. The highest BCUT2D eigenvalue weighted by Gasteiger charge is 2.12. The molecule has 3 aromatic carbocycles. The molecule has 0 bridgehead atoms. The number of allylic oxidation sites excluding steroid dienone is 2. The summed E-state index contributed by atoms with van der Waals surface area (Å²) in [5.74, 6) is 0. The normalized spacial score (nSPS) is 17.1. The standard InChI is InChI=1S/C24H17N/c1-3-11-19-17(9-1)18-10-2-4-12-20(18)22-14-6-8-16-24(22)25-23-15-7-5-13-21(19)23/h1-16,23H. The van der Waals surface area contributed by atoms with Crippen molar-refractivity contribution in [2.45, 2.75) is 6.04 Å². The number of rotatable bonds is 0. The lowest BCUT2D eigenvalue weighted by Crippen LogP contribution is -2.19. The van der Waals surface area contributed by atoms with Crippen LogP contribution in [0.3, 0.4) is 0 Å². The lowest BCUT2D eigenvalue weighted by atomic mass is 9.98. The zero-order valence-corrected chi connectivity index (χ0v) is 13.8. The first-order valence-electron chi connectivity index (χ1n) is 8.62. The van der Waals surface area contributed by atoms with Gasteiger partial charge in [0.2, 0.25) is 0 Å². The van der Waals surface area contributed by atoms with Gasteiger partial charge in [-0.05, 0) is 32.5 Å². The molecule has 3 aromatic rings. The molecule has 118 valence electrons. The third-order valence-electron chi connectivity index (χ3n) is 4.93. The van der Waals surface area contributed by atoms with Gasteiger partial charge >= 0.3 is 0 Å². The van der Waals surface area contributed by atoms with Gasteiger partial charge in [-0.25, -0.2) is 0 Å². The van der Waals surface area contributed by atoms with E-state index in [1.807, 2.05) is 0 Å². The highest BCUT2D eigenvalue weighted by atomic mass is 14.8. The fourth-order valence-corrected chi connectivity index (χ4v) is 3.78. The smallest absolute Gasteiger partial charge is 0.0946 e. The van der Waals surface area contributed by atoms with Gasteiger partial charge in [-0.3, -0.25) is 4.99 Å². The molecule has 1 atom stereocenters. The van der Waals surface area contributed by atoms with Crippen molar-refractivity contribution in [1.29, 1.82) is 0 Å². The Morgan fingerprint density at radius 3 is 1.88 bits per heavy atom. The minimum Gasteiger partial charge on any atom is -0.272 e. The lowest BCUT2D eigenvalue weighted by Gasteiger charge is -2.13. The minimum atomic E-state index is 0.0432. The summed E-state index contributed by atoms with van der Waals surface area (Å²) in [6.07, 6.45) is 8.57. The largest absolute Gasteiger partial charge is 0.272 e. The van der Waals surface area contributed by atoms with E-state index in [9.17, 15) is 0 Å². The van der Waals surface area contributed by atoms with Gasteiger partial charge in [-0.2, -0.15) is 0 Å². The first-order chi connectivity index (χ1) is 12.4. The number of fused-ring (bicyclic) bond motifs is 4. The third-order valence-corrected chi connectivity index (χ3v) is 4.93. The first kappa shape index (κ1) is 14.2. The van der Waals surface area contributed by atoms with Gasteiger partial charge in [0, 0.05) is 5.22 Å². The van der Waals surface area contributed by atoms with E-state index in [0.29, 0.717) is 0 Å². The van der Waals surface area contributed by atoms with Crippen LogP contribution in [0, 0.1) is 20.9 Å². The van der Waals surface area contributed by atoms with Gasteiger partial charge in [0.15, 0.2) is 0 Å². The van der Waals surface area contributed by atoms with Crippen molar-refractivity contribution in [3.8, 4) is 0 Å². The zero-order chi connectivity index (χ0) is 16.6. The number of nitrogens with zero attached hydrogens (tertiary/aromatic N) is 1. The van der Waals surface area contributed by atoms with Gasteiger partial charge in [0.1, 0.15) is 0 Å². The molecule has 0 amide bonds. The Balaban J connectivity index is 2.26. The van der Waals surface area contributed by atoms with Crippen molar-refractivity contribution in [2.75, 3.05) is 0 Å². The van der Waals surface area contributed by atoms with Gasteiger partial charge in [0.25, 0.3) is 0 Å². The molecule has 5 rings (SSSR count). The molecule has 0 radical (unpaired) electrons. The molecule has 0 N–H and O–H groups in total. The predicted molar refractivity (Wildman–Crippen MR) is 101 cm³/mol. The number of hydrogen-bond acceptors (Lipinski definition) is 1. The molecule has 0 saturated heterocycles. The van der Waals surface area contributed by atoms with Gasteiger partial charge in [-0.15, -0.1) is 0 Å². The Bertz CT molecular complexity index is 1340. The molecule has 1 heterocycles. The summed E-state index contributed by atoms with van der Waals surface area (Å²) in [6.45, 7) is 0. The van der Waals surface area contributed by atoms with Crippen molar-refractivity contribution in [2.24, 2.45) is 4.99 Å². The van der Waals surface area contributed by atoms with E-state index in [1.54, 1.807) is 0 Å². The molecule has 1 heteroatoms. The summed E-state index contributed by atoms with van der Waals surface area (Å²) in [4.78, 5) is 5.10. The van der Waals surface area contributed by atoms with Crippen LogP contribution in [0.2, 0.25) is 0 Å². The van der Waals surface area contributed by atoms with Crippen LogP contribution in [0.15, 0.2) is 102 Å². The topological polar surface area (TPSA) is 12.4 Å². The molecule has 2 aliphatic rings. The molecule has 25 heavy (non-hydrogen) atoms. The van der Waals surface area contributed by atoms with E-state index >= 15 is 0 Å². The highest BCUT2D eigenvalue weighted by molar-refractivity contribution is 5.67. The fourth-order valence-electron chi connectivity index (χ4n) is 3.78. The van der Waals surface area contributed by atoms with Crippen LogP contribution in [0.4, 0.5) is 0 Å². The fraction of sp³-hybridized carbons (Fsp3) is 0.0417. The molecule has 1 nitrogen and oxygen atoms in total. The first-order valence-corrected chi connectivity index (χ1v) is 8.62. The summed E-state index contributed by atoms with van der Waals surface area (Å²) in [7, 11) is 0. The van der Waals surface area contributed by atoms with Crippen molar-refractivity contribution in [1.82, 2.24) is 0 Å². The maximum absolute atomic E-state index is 5.10. The molecule has 0 spiro atoms. The lowest BCUT2D eigenvalue weighted by molar-refractivity contribution is 0.979. The van der Waals surface area contributed by atoms with Crippen LogP contribution in [0.25, 0.3) is 5.57 Å². The summed E-state index contributed by atoms with van der Waals surface area (Å²) >= 11 is 0. The zero-order valence-electron chi connectivity index (χ0n) is 13.8.